The number of benzene rings is 1. The molecule has 1 aromatic carbocycles. The highest BCUT2D eigenvalue weighted by atomic mass is 35.5. The van der Waals surface area contributed by atoms with Crippen LogP contribution in [0.3, 0.4) is 0 Å². The van der Waals surface area contributed by atoms with Crippen LogP contribution in [-0.4, -0.2) is 82.0 Å². The van der Waals surface area contributed by atoms with Gasteiger partial charge in [-0.1, -0.05) is 37.3 Å². The lowest BCUT2D eigenvalue weighted by molar-refractivity contribution is -0.0283. The summed E-state index contributed by atoms with van der Waals surface area (Å²) < 4.78 is 21.2. The Morgan fingerprint density at radius 1 is 1.09 bits per heavy atom. The molecule has 3 aromatic heterocycles. The molecule has 3 fully saturated rings. The quantitative estimate of drug-likeness (QED) is 0.149. The Labute approximate surface area is 281 Å². The molecule has 252 valence electrons. The topological polar surface area (TPSA) is 109 Å². The molecule has 2 bridgehead atoms. The summed E-state index contributed by atoms with van der Waals surface area (Å²) in [5.74, 6) is 0.860. The lowest BCUT2D eigenvalue weighted by Crippen LogP contribution is -2.51. The number of hydrogen-bond donors (Lipinski definition) is 1. The Kier molecular flexibility index (Phi) is 8.51. The van der Waals surface area contributed by atoms with Gasteiger partial charge in [0.1, 0.15) is 23.7 Å². The first-order chi connectivity index (χ1) is 22.3. The van der Waals surface area contributed by atoms with Gasteiger partial charge >= 0.3 is 6.09 Å². The van der Waals surface area contributed by atoms with Gasteiger partial charge in [-0.25, -0.2) is 14.8 Å². The number of rotatable bonds is 9. The van der Waals surface area contributed by atoms with E-state index in [0.717, 1.165) is 70.7 Å². The number of nitrogens with zero attached hydrogens (tertiary/aromatic N) is 6. The number of halogens is 1. The standard InChI is InChI=1S/C34H46ClN7O4Si/c1-34(2,3)46-33(43)37-21-13-22-7-8-23(14-21)42(22)29-15-36-31-26(16-40(32(31)38-29)20-44-11-12-47(4,5)6)25-9-10-28-27(30(25)35)17-41(39-28)24-18-45-19-24/h9-10,15-17,21-24H,7-8,11-14,18-20H2,1-6H3,(H,37,43)/t21?,22-,23+. The number of carbonyl (C=O) groups excluding carboxylic acids is 1. The smallest absolute Gasteiger partial charge is 0.407 e. The number of hydrogen-bond acceptors (Lipinski definition) is 8. The molecule has 3 aliphatic heterocycles. The number of alkyl carbamates (subject to hydrolysis) is 1. The number of aromatic nitrogens is 5. The summed E-state index contributed by atoms with van der Waals surface area (Å²) in [6.07, 6.45) is 9.45. The van der Waals surface area contributed by atoms with Gasteiger partial charge in [-0.15, -0.1) is 0 Å². The first-order valence-electron chi connectivity index (χ1n) is 16.8. The molecule has 1 unspecified atom stereocenters. The Balaban J connectivity index is 1.19. The van der Waals surface area contributed by atoms with Crippen molar-refractivity contribution in [2.75, 3.05) is 24.7 Å². The van der Waals surface area contributed by atoms with Crippen LogP contribution in [0.4, 0.5) is 10.6 Å². The zero-order chi connectivity index (χ0) is 33.1. The fraction of sp³-hybridized carbons (Fsp3) is 0.588. The predicted molar refractivity (Wildman–Crippen MR) is 187 cm³/mol. The van der Waals surface area contributed by atoms with Crippen molar-refractivity contribution in [3.63, 3.8) is 0 Å². The Morgan fingerprint density at radius 2 is 1.83 bits per heavy atom. The molecule has 0 aliphatic carbocycles. The van der Waals surface area contributed by atoms with Crippen LogP contribution in [-0.2, 0) is 20.9 Å². The Hall–Kier alpha value is -3.19. The van der Waals surface area contributed by atoms with E-state index >= 15 is 0 Å². The van der Waals surface area contributed by atoms with Crippen molar-refractivity contribution in [3.8, 4) is 11.1 Å². The maximum absolute atomic E-state index is 12.5. The minimum absolute atomic E-state index is 0.0729. The summed E-state index contributed by atoms with van der Waals surface area (Å²) >= 11 is 7.11. The van der Waals surface area contributed by atoms with E-state index in [9.17, 15) is 4.79 Å². The van der Waals surface area contributed by atoms with Crippen LogP contribution in [0, 0.1) is 0 Å². The van der Waals surface area contributed by atoms with Crippen molar-refractivity contribution in [1.82, 2.24) is 29.6 Å². The number of nitrogens with one attached hydrogen (secondary N) is 1. The molecule has 13 heteroatoms. The van der Waals surface area contributed by atoms with E-state index in [1.165, 1.54) is 0 Å². The summed E-state index contributed by atoms with van der Waals surface area (Å²) in [5, 5.41) is 9.43. The largest absolute Gasteiger partial charge is 0.444 e. The number of amides is 1. The molecular weight excluding hydrogens is 634 g/mol. The molecule has 3 aliphatic rings. The van der Waals surface area contributed by atoms with Crippen LogP contribution in [0.15, 0.2) is 30.7 Å². The maximum Gasteiger partial charge on any atom is 0.407 e. The van der Waals surface area contributed by atoms with Crippen molar-refractivity contribution >= 4 is 53.7 Å². The number of fused-ring (bicyclic) bond motifs is 4. The molecule has 0 radical (unpaired) electrons. The van der Waals surface area contributed by atoms with Gasteiger partial charge in [-0.05, 0) is 58.6 Å². The van der Waals surface area contributed by atoms with Crippen LogP contribution >= 0.6 is 11.6 Å². The third-order valence-corrected chi connectivity index (χ3v) is 11.5. The van der Waals surface area contributed by atoms with E-state index in [-0.39, 0.29) is 30.3 Å². The molecule has 0 spiro atoms. The van der Waals surface area contributed by atoms with Gasteiger partial charge in [0, 0.05) is 61.7 Å². The first kappa shape index (κ1) is 32.4. The van der Waals surface area contributed by atoms with Crippen molar-refractivity contribution < 1.29 is 19.0 Å². The van der Waals surface area contributed by atoms with E-state index in [4.69, 9.17) is 40.9 Å². The number of carbonyl (C=O) groups is 1. The van der Waals surface area contributed by atoms with Gasteiger partial charge in [0.15, 0.2) is 5.65 Å². The minimum Gasteiger partial charge on any atom is -0.444 e. The lowest BCUT2D eigenvalue weighted by Gasteiger charge is -2.39. The fourth-order valence-electron chi connectivity index (χ4n) is 6.99. The lowest BCUT2D eigenvalue weighted by atomic mass is 9.97. The van der Waals surface area contributed by atoms with Crippen molar-refractivity contribution in [2.24, 2.45) is 0 Å². The summed E-state index contributed by atoms with van der Waals surface area (Å²) in [4.78, 5) is 25.2. The van der Waals surface area contributed by atoms with Gasteiger partial charge in [-0.2, -0.15) is 5.10 Å². The molecule has 0 saturated carbocycles. The fourth-order valence-corrected chi connectivity index (χ4v) is 8.06. The summed E-state index contributed by atoms with van der Waals surface area (Å²) in [5.41, 5.74) is 3.71. The van der Waals surface area contributed by atoms with Crippen LogP contribution in [0.5, 0.6) is 0 Å². The summed E-state index contributed by atoms with van der Waals surface area (Å²) in [6, 6.07) is 6.00. The Morgan fingerprint density at radius 3 is 2.49 bits per heavy atom. The van der Waals surface area contributed by atoms with E-state index in [1.807, 2.05) is 50.0 Å². The molecule has 4 aromatic rings. The van der Waals surface area contributed by atoms with E-state index in [1.54, 1.807) is 0 Å². The number of anilines is 1. The second kappa shape index (κ2) is 12.4. The highest BCUT2D eigenvalue weighted by Gasteiger charge is 2.42. The third-order valence-electron chi connectivity index (χ3n) is 9.42. The zero-order valence-corrected chi connectivity index (χ0v) is 30.0. The van der Waals surface area contributed by atoms with Crippen LogP contribution in [0.2, 0.25) is 30.7 Å². The van der Waals surface area contributed by atoms with Gasteiger partial charge in [0.05, 0.1) is 36.0 Å². The van der Waals surface area contributed by atoms with Gasteiger partial charge in [-0.3, -0.25) is 4.68 Å². The van der Waals surface area contributed by atoms with Gasteiger partial charge < -0.3 is 29.0 Å². The molecule has 3 saturated heterocycles. The molecule has 47 heavy (non-hydrogen) atoms. The third kappa shape index (κ3) is 6.74. The van der Waals surface area contributed by atoms with Gasteiger partial charge in [0.25, 0.3) is 0 Å². The zero-order valence-electron chi connectivity index (χ0n) is 28.3. The number of piperidine rings is 1. The van der Waals surface area contributed by atoms with Crippen molar-refractivity contribution in [1.29, 1.82) is 0 Å². The SMILES string of the molecule is CC(C)(C)OC(=O)NC1C[C@H]2CC[C@@H](C1)N2c1cnc2c(-c3ccc4nn(C5COC5)cc4c3Cl)cn(COCC[Si](C)(C)C)c2n1. The number of ether oxygens (including phenoxy) is 3. The average Bonchev–Trinajstić information content (AvgIpc) is 3.61. The first-order valence-corrected chi connectivity index (χ1v) is 20.9. The Bertz CT molecular complexity index is 1780. The second-order valence-corrected chi connectivity index (χ2v) is 21.5. The van der Waals surface area contributed by atoms with E-state index < -0.39 is 13.7 Å². The van der Waals surface area contributed by atoms with E-state index in [0.29, 0.717) is 31.6 Å². The van der Waals surface area contributed by atoms with E-state index in [2.05, 4.69) is 40.6 Å². The molecule has 1 amide bonds. The highest BCUT2D eigenvalue weighted by molar-refractivity contribution is 6.76. The van der Waals surface area contributed by atoms with Crippen LogP contribution < -0.4 is 10.2 Å². The average molecular weight is 680 g/mol. The molecule has 7 rings (SSSR count). The highest BCUT2D eigenvalue weighted by Crippen LogP contribution is 2.41. The molecule has 3 atom stereocenters. The summed E-state index contributed by atoms with van der Waals surface area (Å²) in [7, 11) is -1.24. The monoisotopic (exact) mass is 679 g/mol. The molecular formula is C34H46ClN7O4Si. The minimum atomic E-state index is -1.24. The van der Waals surface area contributed by atoms with Crippen molar-refractivity contribution in [3.05, 3.63) is 35.7 Å². The molecule has 1 N–H and O–H groups in total. The predicted octanol–water partition coefficient (Wildman–Crippen LogP) is 7.01. The summed E-state index contributed by atoms with van der Waals surface area (Å²) in [6.45, 7) is 15.2. The second-order valence-electron chi connectivity index (χ2n) is 15.5. The van der Waals surface area contributed by atoms with Crippen molar-refractivity contribution in [2.45, 2.75) is 109 Å². The van der Waals surface area contributed by atoms with Crippen LogP contribution in [0.25, 0.3) is 33.2 Å². The normalized spacial score (nSPS) is 21.9. The van der Waals surface area contributed by atoms with Gasteiger partial charge in [0.2, 0.25) is 0 Å². The molecule has 6 heterocycles. The maximum atomic E-state index is 12.5. The molecule has 11 nitrogen and oxygen atoms in total. The van der Waals surface area contributed by atoms with Crippen LogP contribution in [0.1, 0.15) is 52.5 Å².